The summed E-state index contributed by atoms with van der Waals surface area (Å²) < 4.78 is 2.59. The lowest BCUT2D eigenvalue weighted by Crippen LogP contribution is -2.01. The summed E-state index contributed by atoms with van der Waals surface area (Å²) in [6.07, 6.45) is 0. The van der Waals surface area contributed by atoms with Crippen LogP contribution in [0.25, 0.3) is 164 Å². The first-order chi connectivity index (χ1) is 39.2. The predicted octanol–water partition coefficient (Wildman–Crippen LogP) is 20.8. The molecule has 0 amide bonds. The molecule has 366 valence electrons. The van der Waals surface area contributed by atoms with Crippen LogP contribution in [0.2, 0.25) is 0 Å². The van der Waals surface area contributed by atoms with Gasteiger partial charge in [-0.2, -0.15) is 0 Å². The first-order valence-corrected chi connectivity index (χ1v) is 27.7. The van der Waals surface area contributed by atoms with Gasteiger partial charge in [-0.25, -0.2) is 15.0 Å². The molecule has 0 radical (unpaired) electrons. The summed E-state index contributed by atoms with van der Waals surface area (Å²) in [5, 5.41) is 15.1. The summed E-state index contributed by atoms with van der Waals surface area (Å²) in [6, 6.07) is 99.6. The van der Waals surface area contributed by atoms with Gasteiger partial charge in [0.15, 0.2) is 17.5 Å². The first kappa shape index (κ1) is 45.1. The highest BCUT2D eigenvalue weighted by atomic mass is 32.1. The Balaban J connectivity index is 1.08. The fourth-order valence-electron chi connectivity index (χ4n) is 12.6. The smallest absolute Gasteiger partial charge is 0.164 e. The van der Waals surface area contributed by atoms with E-state index < -0.39 is 0 Å². The molecule has 16 aromatic rings. The molecule has 0 saturated heterocycles. The van der Waals surface area contributed by atoms with Gasteiger partial charge in [-0.05, 0) is 140 Å². The molecule has 14 aromatic carbocycles. The number of thiophene rings is 1. The number of hydrogen-bond acceptors (Lipinski definition) is 4. The van der Waals surface area contributed by atoms with Crippen molar-refractivity contribution in [1.29, 1.82) is 0 Å². The highest BCUT2D eigenvalue weighted by Crippen LogP contribution is 2.57. The zero-order chi connectivity index (χ0) is 52.0. The maximum Gasteiger partial charge on any atom is 0.164 e. The molecule has 0 saturated carbocycles. The lowest BCUT2D eigenvalue weighted by molar-refractivity contribution is 1.07. The van der Waals surface area contributed by atoms with Gasteiger partial charge in [0.2, 0.25) is 0 Å². The van der Waals surface area contributed by atoms with Crippen LogP contribution < -0.4 is 0 Å². The van der Waals surface area contributed by atoms with Gasteiger partial charge in [-0.15, -0.1) is 11.3 Å². The van der Waals surface area contributed by atoms with Gasteiger partial charge in [-0.1, -0.05) is 243 Å². The highest BCUT2D eigenvalue weighted by Gasteiger charge is 2.29. The van der Waals surface area contributed by atoms with Gasteiger partial charge >= 0.3 is 0 Å². The normalized spacial score (nSPS) is 11.8. The predicted molar refractivity (Wildman–Crippen MR) is 335 cm³/mol. The van der Waals surface area contributed by atoms with E-state index >= 15 is 0 Å². The molecule has 3 nitrogen and oxygen atoms in total. The molecule has 4 heteroatoms. The third kappa shape index (κ3) is 7.30. The van der Waals surface area contributed by atoms with Gasteiger partial charge < -0.3 is 0 Å². The third-order valence-electron chi connectivity index (χ3n) is 16.0. The Morgan fingerprint density at radius 2 is 0.544 bits per heavy atom. The molecule has 0 aliphatic carbocycles. The average Bonchev–Trinajstić information content (AvgIpc) is 3.36. The molecular weight excluding hydrogens is 975 g/mol. The third-order valence-corrected chi connectivity index (χ3v) is 17.2. The van der Waals surface area contributed by atoms with Crippen LogP contribution in [-0.2, 0) is 0 Å². The molecule has 0 bridgehead atoms. The van der Waals surface area contributed by atoms with Gasteiger partial charge in [0.1, 0.15) is 0 Å². The van der Waals surface area contributed by atoms with Crippen molar-refractivity contribution >= 4 is 85.4 Å². The van der Waals surface area contributed by atoms with E-state index in [1.165, 1.54) is 90.7 Å². The maximum absolute atomic E-state index is 5.29. The Hall–Kier alpha value is -10.1. The molecule has 79 heavy (non-hydrogen) atoms. The Labute approximate surface area is 460 Å². The van der Waals surface area contributed by atoms with E-state index in [0.717, 1.165) is 55.6 Å². The van der Waals surface area contributed by atoms with Crippen molar-refractivity contribution < 1.29 is 0 Å². The van der Waals surface area contributed by atoms with E-state index in [9.17, 15) is 0 Å². The molecule has 0 N–H and O–H groups in total. The fourth-order valence-corrected chi connectivity index (χ4v) is 13.7. The standard InChI is InChI=1S/C75H45N3S/c1-5-21-46(22-6-1)65-67(52-30-17-29-50(43-52)51-41-42-64-62(45-51)57-35-15-16-40-63(57)79-64)68(53-31-18-32-54(44-53)75-77-73(48-25-9-3-10-26-48)76-74(78-75)49-27-11-4-12-28-49)66(47-23-7-2-8-24-47)72-61-39-20-37-59-56-34-14-13-33-55(56)58-36-19-38-60(71(65)72)69(58)70(59)61/h1-45H. The monoisotopic (exact) mass is 1020 g/mol. The number of benzene rings is 14. The molecule has 0 atom stereocenters. The Morgan fingerprint density at radius 3 is 1.08 bits per heavy atom. The minimum absolute atomic E-state index is 0.606. The minimum Gasteiger partial charge on any atom is -0.208 e. The van der Waals surface area contributed by atoms with Crippen molar-refractivity contribution in [1.82, 2.24) is 15.0 Å². The van der Waals surface area contributed by atoms with E-state index in [0.29, 0.717) is 17.5 Å². The van der Waals surface area contributed by atoms with E-state index in [2.05, 4.69) is 237 Å². The van der Waals surface area contributed by atoms with Gasteiger partial charge in [-0.3, -0.25) is 0 Å². The quantitative estimate of drug-likeness (QED) is 0.112. The molecular formula is C75H45N3S. The van der Waals surface area contributed by atoms with Crippen LogP contribution in [0.1, 0.15) is 0 Å². The lowest BCUT2D eigenvalue weighted by Gasteiger charge is -2.27. The zero-order valence-electron chi connectivity index (χ0n) is 42.7. The van der Waals surface area contributed by atoms with Gasteiger partial charge in [0, 0.05) is 36.9 Å². The van der Waals surface area contributed by atoms with Crippen molar-refractivity contribution in [3.8, 4) is 89.8 Å². The molecule has 16 rings (SSSR count). The van der Waals surface area contributed by atoms with E-state index in [4.69, 9.17) is 15.0 Å². The van der Waals surface area contributed by atoms with Crippen molar-refractivity contribution in [2.75, 3.05) is 0 Å². The van der Waals surface area contributed by atoms with Crippen LogP contribution in [0.5, 0.6) is 0 Å². The summed E-state index contributed by atoms with van der Waals surface area (Å²) in [6.45, 7) is 0. The number of hydrogen-bond donors (Lipinski definition) is 0. The van der Waals surface area contributed by atoms with Crippen LogP contribution in [0.3, 0.4) is 0 Å². The molecule has 0 unspecified atom stereocenters. The number of aromatic nitrogens is 3. The van der Waals surface area contributed by atoms with Crippen LogP contribution in [0.15, 0.2) is 273 Å². The van der Waals surface area contributed by atoms with Gasteiger partial charge in [0.05, 0.1) is 0 Å². The molecule has 2 heterocycles. The first-order valence-electron chi connectivity index (χ1n) is 26.9. The van der Waals surface area contributed by atoms with Crippen molar-refractivity contribution in [2.24, 2.45) is 0 Å². The van der Waals surface area contributed by atoms with E-state index in [-0.39, 0.29) is 0 Å². The second kappa shape index (κ2) is 18.3. The Kier molecular flexibility index (Phi) is 10.4. The van der Waals surface area contributed by atoms with Crippen LogP contribution >= 0.6 is 11.3 Å². The summed E-state index contributed by atoms with van der Waals surface area (Å²) >= 11 is 1.86. The SMILES string of the molecule is c1ccc(-c2nc(-c3ccccc3)nc(-c3cccc(-c4c(-c5cccc(-c6ccc7sc8ccccc8c7c6)c5)c(-c5ccccc5)c5c6cccc7c8ccccc8c8cccc(c5c4-c4ccccc4)c8c76)c3)n2)cc1. The molecule has 0 aliphatic heterocycles. The second-order valence-corrected chi connectivity index (χ2v) is 21.6. The number of fused-ring (bicyclic) bond motifs is 9. The largest absolute Gasteiger partial charge is 0.208 e. The molecule has 0 aliphatic rings. The van der Waals surface area contributed by atoms with Gasteiger partial charge in [0.25, 0.3) is 0 Å². The van der Waals surface area contributed by atoms with Crippen LogP contribution in [0, 0.1) is 0 Å². The summed E-state index contributed by atoms with van der Waals surface area (Å²) in [4.78, 5) is 15.7. The minimum atomic E-state index is 0.606. The molecule has 2 aromatic heterocycles. The Morgan fingerprint density at radius 1 is 0.190 bits per heavy atom. The molecule has 0 fully saturated rings. The maximum atomic E-state index is 5.29. The van der Waals surface area contributed by atoms with Crippen molar-refractivity contribution in [2.45, 2.75) is 0 Å². The van der Waals surface area contributed by atoms with E-state index in [1.54, 1.807) is 0 Å². The topological polar surface area (TPSA) is 38.7 Å². The summed E-state index contributed by atoms with van der Waals surface area (Å²) in [5.41, 5.74) is 14.2. The average molecular weight is 1020 g/mol. The van der Waals surface area contributed by atoms with Crippen LogP contribution in [-0.4, -0.2) is 15.0 Å². The number of rotatable bonds is 8. The summed E-state index contributed by atoms with van der Waals surface area (Å²) in [7, 11) is 0. The van der Waals surface area contributed by atoms with E-state index in [1.807, 2.05) is 47.7 Å². The fraction of sp³-hybridized carbons (Fsp3) is 0. The zero-order valence-corrected chi connectivity index (χ0v) is 43.5. The lowest BCUT2D eigenvalue weighted by atomic mass is 9.75. The highest BCUT2D eigenvalue weighted by molar-refractivity contribution is 7.25. The molecule has 0 spiro atoms. The van der Waals surface area contributed by atoms with Crippen molar-refractivity contribution in [3.63, 3.8) is 0 Å². The van der Waals surface area contributed by atoms with Crippen molar-refractivity contribution in [3.05, 3.63) is 273 Å². The Bertz CT molecular complexity index is 4990. The summed E-state index contributed by atoms with van der Waals surface area (Å²) in [5.74, 6) is 1.85. The van der Waals surface area contributed by atoms with Crippen LogP contribution in [0.4, 0.5) is 0 Å². The number of nitrogens with zero attached hydrogens (tertiary/aromatic N) is 3. The second-order valence-electron chi connectivity index (χ2n) is 20.5.